The number of ether oxygens (including phenoxy) is 1. The van der Waals surface area contributed by atoms with Gasteiger partial charge in [-0.25, -0.2) is 9.97 Å². The molecule has 6 heteroatoms. The van der Waals surface area contributed by atoms with Gasteiger partial charge in [0.2, 0.25) is 5.28 Å². The van der Waals surface area contributed by atoms with Gasteiger partial charge < -0.3 is 14.7 Å². The van der Waals surface area contributed by atoms with Crippen molar-refractivity contribution in [1.29, 1.82) is 0 Å². The van der Waals surface area contributed by atoms with E-state index in [1.165, 1.54) is 0 Å². The zero-order valence-corrected chi connectivity index (χ0v) is 10.5. The summed E-state index contributed by atoms with van der Waals surface area (Å²) in [6.07, 6.45) is 0.982. The second kappa shape index (κ2) is 5.62. The van der Waals surface area contributed by atoms with Gasteiger partial charge >= 0.3 is 0 Å². The van der Waals surface area contributed by atoms with Crippen molar-refractivity contribution in [3.05, 3.63) is 17.0 Å². The molecular weight excluding hydrogens is 242 g/mol. The van der Waals surface area contributed by atoms with E-state index in [1.807, 2.05) is 0 Å². The molecule has 0 aliphatic carbocycles. The first-order chi connectivity index (χ1) is 8.24. The summed E-state index contributed by atoms with van der Waals surface area (Å²) in [4.78, 5) is 10.3. The number of halogens is 1. The van der Waals surface area contributed by atoms with Gasteiger partial charge in [-0.2, -0.15) is 0 Å². The van der Waals surface area contributed by atoms with Crippen molar-refractivity contribution >= 4 is 17.4 Å². The van der Waals surface area contributed by atoms with Gasteiger partial charge in [0.1, 0.15) is 5.82 Å². The van der Waals surface area contributed by atoms with Crippen LogP contribution in [0.4, 0.5) is 5.82 Å². The molecule has 1 aliphatic rings. The molecule has 0 unspecified atom stereocenters. The Labute approximate surface area is 105 Å². The topological polar surface area (TPSA) is 58.5 Å². The second-order valence-corrected chi connectivity index (χ2v) is 4.31. The van der Waals surface area contributed by atoms with Crippen molar-refractivity contribution in [2.24, 2.45) is 0 Å². The Bertz CT molecular complexity index is 389. The number of nitrogens with zero attached hydrogens (tertiary/aromatic N) is 3. The summed E-state index contributed by atoms with van der Waals surface area (Å²) in [6, 6.07) is 2.08. The first-order valence-electron chi connectivity index (χ1n) is 5.73. The molecule has 1 fully saturated rings. The normalized spacial score (nSPS) is 20.6. The Morgan fingerprint density at radius 2 is 2.41 bits per heavy atom. The lowest BCUT2D eigenvalue weighted by molar-refractivity contribution is 0.0925. The number of rotatable bonds is 3. The van der Waals surface area contributed by atoms with Crippen LogP contribution in [-0.2, 0) is 11.3 Å². The summed E-state index contributed by atoms with van der Waals surface area (Å²) >= 11 is 5.85. The Morgan fingerprint density at radius 3 is 3.12 bits per heavy atom. The van der Waals surface area contributed by atoms with Gasteiger partial charge in [-0.05, 0) is 18.0 Å². The molecule has 1 atom stereocenters. The largest absolute Gasteiger partial charge is 0.390 e. The molecule has 0 bridgehead atoms. The highest BCUT2D eigenvalue weighted by molar-refractivity contribution is 6.28. The quantitative estimate of drug-likeness (QED) is 0.826. The highest BCUT2D eigenvalue weighted by atomic mass is 35.5. The number of anilines is 1. The zero-order chi connectivity index (χ0) is 12.3. The Balaban J connectivity index is 2.27. The summed E-state index contributed by atoms with van der Waals surface area (Å²) in [7, 11) is 0. The third-order valence-electron chi connectivity index (χ3n) is 2.89. The average Bonchev–Trinajstić information content (AvgIpc) is 2.37. The van der Waals surface area contributed by atoms with Crippen LogP contribution in [0.15, 0.2) is 6.07 Å². The first kappa shape index (κ1) is 12.5. The maximum absolute atomic E-state index is 9.12. The minimum absolute atomic E-state index is 0.129. The van der Waals surface area contributed by atoms with Crippen LogP contribution in [0.3, 0.4) is 0 Å². The number of morpholine rings is 1. The average molecular weight is 258 g/mol. The minimum atomic E-state index is -0.129. The molecule has 0 saturated carbocycles. The molecule has 1 saturated heterocycles. The van der Waals surface area contributed by atoms with Crippen LogP contribution < -0.4 is 4.90 Å². The number of aliphatic hydroxyl groups is 1. The van der Waals surface area contributed by atoms with Gasteiger partial charge in [0.05, 0.1) is 31.6 Å². The van der Waals surface area contributed by atoms with Crippen molar-refractivity contribution < 1.29 is 9.84 Å². The van der Waals surface area contributed by atoms with Gasteiger partial charge in [-0.3, -0.25) is 0 Å². The standard InChI is InChI=1S/C11H16ClN3O2/c1-2-9-7-17-4-3-15(9)10-5-8(6-16)13-11(12)14-10/h5,9,16H,2-4,6-7H2,1H3/t9-/m0/s1. The molecule has 17 heavy (non-hydrogen) atoms. The maximum atomic E-state index is 9.12. The molecule has 1 aromatic rings. The lowest BCUT2D eigenvalue weighted by Gasteiger charge is -2.36. The van der Waals surface area contributed by atoms with Crippen molar-refractivity contribution in [1.82, 2.24) is 9.97 Å². The fourth-order valence-electron chi connectivity index (χ4n) is 1.97. The summed E-state index contributed by atoms with van der Waals surface area (Å²) in [5, 5.41) is 9.29. The van der Waals surface area contributed by atoms with Crippen molar-refractivity contribution in [2.75, 3.05) is 24.7 Å². The molecule has 0 spiro atoms. The predicted octanol–water partition coefficient (Wildman–Crippen LogP) is 1.24. The van der Waals surface area contributed by atoms with E-state index >= 15 is 0 Å². The van der Waals surface area contributed by atoms with E-state index in [4.69, 9.17) is 21.4 Å². The van der Waals surface area contributed by atoms with Crippen LogP contribution in [0.5, 0.6) is 0 Å². The summed E-state index contributed by atoms with van der Waals surface area (Å²) in [5.41, 5.74) is 0.543. The van der Waals surface area contributed by atoms with Crippen molar-refractivity contribution in [3.63, 3.8) is 0 Å². The molecule has 1 aromatic heterocycles. The third kappa shape index (κ3) is 2.86. The van der Waals surface area contributed by atoms with Gasteiger partial charge in [-0.15, -0.1) is 0 Å². The zero-order valence-electron chi connectivity index (χ0n) is 9.77. The van der Waals surface area contributed by atoms with Crippen LogP contribution in [0.25, 0.3) is 0 Å². The van der Waals surface area contributed by atoms with E-state index in [1.54, 1.807) is 6.07 Å². The molecule has 94 valence electrons. The molecule has 0 amide bonds. The fourth-order valence-corrected chi connectivity index (χ4v) is 2.17. The molecule has 1 N–H and O–H groups in total. The summed E-state index contributed by atoms with van der Waals surface area (Å²) in [6.45, 7) is 4.16. The Morgan fingerprint density at radius 1 is 1.59 bits per heavy atom. The highest BCUT2D eigenvalue weighted by Crippen LogP contribution is 2.21. The first-order valence-corrected chi connectivity index (χ1v) is 6.11. The molecule has 5 nitrogen and oxygen atoms in total. The summed E-state index contributed by atoms with van der Waals surface area (Å²) in [5.74, 6) is 0.768. The maximum Gasteiger partial charge on any atom is 0.224 e. The minimum Gasteiger partial charge on any atom is -0.390 e. The number of hydrogen-bond acceptors (Lipinski definition) is 5. The van der Waals surface area contributed by atoms with Gasteiger partial charge in [0.25, 0.3) is 0 Å². The Kier molecular flexibility index (Phi) is 4.15. The monoisotopic (exact) mass is 257 g/mol. The van der Waals surface area contributed by atoms with Gasteiger partial charge in [0, 0.05) is 12.6 Å². The molecule has 1 aliphatic heterocycles. The van der Waals surface area contributed by atoms with Gasteiger partial charge in [0.15, 0.2) is 0 Å². The molecule has 0 aromatic carbocycles. The second-order valence-electron chi connectivity index (χ2n) is 3.98. The smallest absolute Gasteiger partial charge is 0.224 e. The Hall–Kier alpha value is -0.910. The number of aromatic nitrogens is 2. The van der Waals surface area contributed by atoms with E-state index in [0.717, 1.165) is 18.8 Å². The van der Waals surface area contributed by atoms with E-state index in [0.29, 0.717) is 24.9 Å². The van der Waals surface area contributed by atoms with Crippen LogP contribution >= 0.6 is 11.6 Å². The highest BCUT2D eigenvalue weighted by Gasteiger charge is 2.23. The van der Waals surface area contributed by atoms with Crippen molar-refractivity contribution in [2.45, 2.75) is 26.0 Å². The molecular formula is C11H16ClN3O2. The van der Waals surface area contributed by atoms with E-state index < -0.39 is 0 Å². The van der Waals surface area contributed by atoms with Crippen LogP contribution in [0.2, 0.25) is 5.28 Å². The van der Waals surface area contributed by atoms with Crippen molar-refractivity contribution in [3.8, 4) is 0 Å². The van der Waals surface area contributed by atoms with E-state index in [2.05, 4.69) is 21.8 Å². The lowest BCUT2D eigenvalue weighted by Crippen LogP contribution is -2.45. The van der Waals surface area contributed by atoms with Gasteiger partial charge in [-0.1, -0.05) is 6.92 Å². The summed E-state index contributed by atoms with van der Waals surface area (Å²) < 4.78 is 5.44. The molecule has 2 rings (SSSR count). The SMILES string of the molecule is CC[C@H]1COCCN1c1cc(CO)nc(Cl)n1. The van der Waals surface area contributed by atoms with E-state index in [-0.39, 0.29) is 11.9 Å². The predicted molar refractivity (Wildman–Crippen MR) is 65.2 cm³/mol. The molecule has 2 heterocycles. The number of hydrogen-bond donors (Lipinski definition) is 1. The van der Waals surface area contributed by atoms with Crippen LogP contribution in [-0.4, -0.2) is 40.9 Å². The lowest BCUT2D eigenvalue weighted by atomic mass is 10.2. The van der Waals surface area contributed by atoms with Crippen LogP contribution in [0, 0.1) is 0 Å². The fraction of sp³-hybridized carbons (Fsp3) is 0.636. The third-order valence-corrected chi connectivity index (χ3v) is 3.06. The van der Waals surface area contributed by atoms with Crippen LogP contribution in [0.1, 0.15) is 19.0 Å². The van der Waals surface area contributed by atoms with E-state index in [9.17, 15) is 0 Å². The molecule has 0 radical (unpaired) electrons. The number of aliphatic hydroxyl groups excluding tert-OH is 1.